The zero-order chi connectivity index (χ0) is 27.8. The fraction of sp³-hybridized carbons (Fsp3) is 0.292. The minimum Gasteiger partial charge on any atom is -0.447 e. The number of nitrogens with zero attached hydrogens (tertiary/aromatic N) is 1. The second-order valence-electron chi connectivity index (χ2n) is 8.01. The maximum Gasteiger partial charge on any atom is 0.414 e. The average molecular weight is 551 g/mol. The van der Waals surface area contributed by atoms with Crippen molar-refractivity contribution in [2.24, 2.45) is 0 Å². The van der Waals surface area contributed by atoms with E-state index in [0.29, 0.717) is 10.9 Å². The quantitative estimate of drug-likeness (QED) is 0.279. The number of amides is 2. The summed E-state index contributed by atoms with van der Waals surface area (Å²) in [5.41, 5.74) is -0.285. The summed E-state index contributed by atoms with van der Waals surface area (Å²) in [5, 5.41) is 11.8. The molecular formula is C24H27FN4O8S. The van der Waals surface area contributed by atoms with E-state index in [1.54, 1.807) is 6.07 Å². The highest BCUT2D eigenvalue weighted by molar-refractivity contribution is 7.84. The van der Waals surface area contributed by atoms with Gasteiger partial charge in [-0.3, -0.25) is 4.72 Å². The molecule has 38 heavy (non-hydrogen) atoms. The van der Waals surface area contributed by atoms with Crippen molar-refractivity contribution in [3.8, 4) is 5.75 Å². The Morgan fingerprint density at radius 3 is 2.63 bits per heavy atom. The number of carbonyl (C=O) groups is 2. The monoisotopic (exact) mass is 550 g/mol. The molecule has 0 aliphatic carbocycles. The molecule has 0 spiro atoms. The molecule has 12 nitrogen and oxygen atoms in total. The molecule has 0 fully saturated rings. The molecule has 0 aliphatic heterocycles. The first-order chi connectivity index (χ1) is 18.1. The highest BCUT2D eigenvalue weighted by atomic mass is 32.2. The van der Waals surface area contributed by atoms with E-state index in [-0.39, 0.29) is 54.3 Å². The van der Waals surface area contributed by atoms with Crippen molar-refractivity contribution in [2.75, 3.05) is 39.1 Å². The Morgan fingerprint density at radius 1 is 1.18 bits per heavy atom. The molecule has 204 valence electrons. The van der Waals surface area contributed by atoms with Crippen molar-refractivity contribution in [3.05, 3.63) is 69.3 Å². The SMILES string of the molecule is CNS(=O)Nc1cccc(Cc2c(CNC(=O)OCCO)c3ccc(OC(=O)N(C)C)cc3oc2=O)c1F. The fourth-order valence-electron chi connectivity index (χ4n) is 3.41. The number of ether oxygens (including phenoxy) is 2. The number of alkyl carbamates (subject to hydrolysis) is 1. The molecular weight excluding hydrogens is 523 g/mol. The van der Waals surface area contributed by atoms with Crippen molar-refractivity contribution < 1.29 is 37.2 Å². The number of fused-ring (bicyclic) bond motifs is 1. The number of halogens is 1. The van der Waals surface area contributed by atoms with Gasteiger partial charge in [0.2, 0.25) is 0 Å². The van der Waals surface area contributed by atoms with Crippen LogP contribution >= 0.6 is 0 Å². The summed E-state index contributed by atoms with van der Waals surface area (Å²) < 4.78 is 47.4. The molecule has 1 aromatic heterocycles. The zero-order valence-corrected chi connectivity index (χ0v) is 21.6. The molecule has 2 aromatic carbocycles. The van der Waals surface area contributed by atoms with Crippen molar-refractivity contribution in [1.82, 2.24) is 14.9 Å². The van der Waals surface area contributed by atoms with Crippen LogP contribution in [0.2, 0.25) is 0 Å². The van der Waals surface area contributed by atoms with Crippen molar-refractivity contribution in [3.63, 3.8) is 0 Å². The molecule has 2 amide bonds. The van der Waals surface area contributed by atoms with Crippen LogP contribution in [-0.2, 0) is 28.9 Å². The first-order valence-corrected chi connectivity index (χ1v) is 12.4. The predicted molar refractivity (Wildman–Crippen MR) is 137 cm³/mol. The van der Waals surface area contributed by atoms with E-state index >= 15 is 4.39 Å². The van der Waals surface area contributed by atoms with Gasteiger partial charge in [0.25, 0.3) is 0 Å². The summed E-state index contributed by atoms with van der Waals surface area (Å²) in [7, 11) is 4.45. The number of nitrogens with one attached hydrogen (secondary N) is 3. The molecule has 4 N–H and O–H groups in total. The van der Waals surface area contributed by atoms with Gasteiger partial charge in [-0.25, -0.2) is 27.7 Å². The van der Waals surface area contributed by atoms with Crippen LogP contribution in [-0.4, -0.2) is 60.8 Å². The number of benzene rings is 2. The van der Waals surface area contributed by atoms with Gasteiger partial charge in [0.1, 0.15) is 17.9 Å². The van der Waals surface area contributed by atoms with Crippen LogP contribution in [0.25, 0.3) is 11.0 Å². The summed E-state index contributed by atoms with van der Waals surface area (Å²) in [4.78, 5) is 38.2. The second kappa shape index (κ2) is 13.0. The minimum absolute atomic E-state index is 0.0417. The normalized spacial score (nSPS) is 11.6. The summed E-state index contributed by atoms with van der Waals surface area (Å²) in [5.74, 6) is -0.599. The molecule has 1 unspecified atom stereocenters. The van der Waals surface area contributed by atoms with E-state index in [1.807, 2.05) is 0 Å². The van der Waals surface area contributed by atoms with Crippen LogP contribution in [0.3, 0.4) is 0 Å². The molecule has 14 heteroatoms. The van der Waals surface area contributed by atoms with Gasteiger partial charge in [-0.2, -0.15) is 0 Å². The number of rotatable bonds is 10. The summed E-state index contributed by atoms with van der Waals surface area (Å²) in [6, 6.07) is 8.77. The number of carbonyl (C=O) groups excluding carboxylic acids is 2. The lowest BCUT2D eigenvalue weighted by atomic mass is 9.97. The first kappa shape index (κ1) is 28.6. The van der Waals surface area contributed by atoms with Gasteiger partial charge in [0.15, 0.2) is 17.0 Å². The lowest BCUT2D eigenvalue weighted by Gasteiger charge is -2.15. The maximum atomic E-state index is 15.2. The van der Waals surface area contributed by atoms with Crippen LogP contribution in [0, 0.1) is 5.82 Å². The zero-order valence-electron chi connectivity index (χ0n) is 20.8. The second-order valence-corrected chi connectivity index (χ2v) is 9.16. The summed E-state index contributed by atoms with van der Waals surface area (Å²) >= 11 is -1.73. The van der Waals surface area contributed by atoms with Crippen LogP contribution in [0.15, 0.2) is 45.6 Å². The summed E-state index contributed by atoms with van der Waals surface area (Å²) in [6.07, 6.45) is -1.69. The number of aliphatic hydroxyl groups is 1. The Labute approximate surface area is 219 Å². The Bertz CT molecular complexity index is 1410. The van der Waals surface area contributed by atoms with Gasteiger partial charge in [-0.05, 0) is 36.4 Å². The number of hydrogen-bond donors (Lipinski definition) is 4. The highest BCUT2D eigenvalue weighted by Gasteiger charge is 2.20. The molecule has 1 heterocycles. The van der Waals surface area contributed by atoms with Crippen LogP contribution < -0.4 is 25.1 Å². The Morgan fingerprint density at radius 2 is 1.95 bits per heavy atom. The number of aliphatic hydroxyl groups excluding tert-OH is 1. The molecule has 3 aromatic rings. The smallest absolute Gasteiger partial charge is 0.414 e. The van der Waals surface area contributed by atoms with Crippen LogP contribution in [0.1, 0.15) is 16.7 Å². The molecule has 1 atom stereocenters. The third kappa shape index (κ3) is 7.06. The van der Waals surface area contributed by atoms with E-state index in [1.165, 1.54) is 56.4 Å². The van der Waals surface area contributed by atoms with E-state index < -0.39 is 34.8 Å². The number of anilines is 1. The topological polar surface area (TPSA) is 159 Å². The van der Waals surface area contributed by atoms with E-state index in [4.69, 9.17) is 19.0 Å². The lowest BCUT2D eigenvalue weighted by molar-refractivity contribution is 0.119. The maximum absolute atomic E-state index is 15.2. The van der Waals surface area contributed by atoms with E-state index in [0.717, 1.165) is 0 Å². The van der Waals surface area contributed by atoms with E-state index in [2.05, 4.69) is 14.8 Å². The van der Waals surface area contributed by atoms with Crippen LogP contribution in [0.4, 0.5) is 19.7 Å². The molecule has 0 bridgehead atoms. The first-order valence-electron chi connectivity index (χ1n) is 11.3. The van der Waals surface area contributed by atoms with Gasteiger partial charge in [-0.1, -0.05) is 12.1 Å². The predicted octanol–water partition coefficient (Wildman–Crippen LogP) is 2.01. The molecule has 0 radical (unpaired) electrons. The Hall–Kier alpha value is -4.01. The van der Waals surface area contributed by atoms with Crippen molar-refractivity contribution in [1.29, 1.82) is 0 Å². The fourth-order valence-corrected chi connectivity index (χ4v) is 3.87. The summed E-state index contributed by atoms with van der Waals surface area (Å²) in [6.45, 7) is -0.787. The van der Waals surface area contributed by atoms with Gasteiger partial charge in [0, 0.05) is 44.1 Å². The Balaban J connectivity index is 2.06. The van der Waals surface area contributed by atoms with Gasteiger partial charge < -0.3 is 29.2 Å². The van der Waals surface area contributed by atoms with Gasteiger partial charge in [0.05, 0.1) is 12.3 Å². The van der Waals surface area contributed by atoms with E-state index in [9.17, 15) is 18.6 Å². The average Bonchev–Trinajstić information content (AvgIpc) is 2.89. The molecule has 0 saturated carbocycles. The highest BCUT2D eigenvalue weighted by Crippen LogP contribution is 2.28. The largest absolute Gasteiger partial charge is 0.447 e. The minimum atomic E-state index is -1.73. The lowest BCUT2D eigenvalue weighted by Crippen LogP contribution is -2.27. The standard InChI is InChI=1S/C24H27FN4O8S/c1-26-38(34)28-19-6-4-5-14(21(19)25)11-17-18(13-27-23(32)35-10-9-30)16-8-7-15(36-24(33)29(2)3)12-20(16)37-22(17)31/h4-8,12,26,28,30H,9-11,13H2,1-3H3,(H,27,32). The number of hydrogen-bond acceptors (Lipinski definition) is 8. The molecule has 0 aliphatic rings. The molecule has 3 rings (SSSR count). The molecule has 0 saturated heterocycles. The third-order valence-corrected chi connectivity index (χ3v) is 6.01. The third-order valence-electron chi connectivity index (χ3n) is 5.23. The van der Waals surface area contributed by atoms with Crippen molar-refractivity contribution >= 4 is 40.0 Å². The van der Waals surface area contributed by atoms with Gasteiger partial charge in [-0.15, -0.1) is 0 Å². The van der Waals surface area contributed by atoms with Crippen molar-refractivity contribution in [2.45, 2.75) is 13.0 Å². The van der Waals surface area contributed by atoms with Gasteiger partial charge >= 0.3 is 17.8 Å². The van der Waals surface area contributed by atoms with Crippen LogP contribution in [0.5, 0.6) is 5.75 Å². The Kier molecular flexibility index (Phi) is 9.76.